The molecule has 11 heavy (non-hydrogen) atoms. The lowest BCUT2D eigenvalue weighted by atomic mass is 10.2. The van der Waals surface area contributed by atoms with Crippen LogP contribution in [0.4, 0.5) is 0 Å². The molecule has 0 radical (unpaired) electrons. The first-order valence-electron chi connectivity index (χ1n) is 3.64. The molecule has 0 saturated heterocycles. The van der Waals surface area contributed by atoms with Crippen molar-refractivity contribution in [2.75, 3.05) is 0 Å². The Kier molecular flexibility index (Phi) is 1.55. The highest BCUT2D eigenvalue weighted by molar-refractivity contribution is 7.37. The zero-order valence-electron chi connectivity index (χ0n) is 6.89. The summed E-state index contributed by atoms with van der Waals surface area (Å²) in [6, 6.07) is 0. The van der Waals surface area contributed by atoms with Crippen LogP contribution in [-0.2, 0) is 0 Å². The number of rotatable bonds is 0. The summed E-state index contributed by atoms with van der Waals surface area (Å²) in [7, 11) is 0. The SMILES string of the molecule is Cc1sc2scc(C)c2c1C. The summed E-state index contributed by atoms with van der Waals surface area (Å²) in [4.78, 5) is 1.47. The van der Waals surface area contributed by atoms with E-state index in [1.54, 1.807) is 0 Å². The van der Waals surface area contributed by atoms with Crippen LogP contribution in [0.1, 0.15) is 16.0 Å². The number of thiophene rings is 2. The Morgan fingerprint density at radius 1 is 1.18 bits per heavy atom. The van der Waals surface area contributed by atoms with Crippen molar-refractivity contribution in [3.8, 4) is 0 Å². The summed E-state index contributed by atoms with van der Waals surface area (Å²) in [5.41, 5.74) is 2.91. The summed E-state index contributed by atoms with van der Waals surface area (Å²) in [5.74, 6) is 0. The fraction of sp³-hybridized carbons (Fsp3) is 0.333. The van der Waals surface area contributed by atoms with Gasteiger partial charge in [0.05, 0.1) is 4.01 Å². The zero-order valence-corrected chi connectivity index (χ0v) is 8.53. The first-order valence-corrected chi connectivity index (χ1v) is 5.33. The molecular weight excluding hydrogens is 172 g/mol. The van der Waals surface area contributed by atoms with Crippen LogP contribution in [0, 0.1) is 20.8 Å². The predicted molar refractivity (Wildman–Crippen MR) is 53.9 cm³/mol. The molecule has 0 saturated carbocycles. The normalized spacial score (nSPS) is 11.2. The van der Waals surface area contributed by atoms with Crippen LogP contribution in [0.15, 0.2) is 5.38 Å². The third kappa shape index (κ3) is 0.932. The minimum absolute atomic E-state index is 1.44. The smallest absolute Gasteiger partial charge is 0.0873 e. The molecule has 2 aromatic heterocycles. The molecule has 0 atom stereocenters. The Bertz CT molecular complexity index is 393. The van der Waals surface area contributed by atoms with Crippen LogP contribution < -0.4 is 0 Å². The van der Waals surface area contributed by atoms with E-state index in [2.05, 4.69) is 26.2 Å². The monoisotopic (exact) mass is 182 g/mol. The average molecular weight is 182 g/mol. The number of fused-ring (bicyclic) bond motifs is 1. The van der Waals surface area contributed by atoms with Gasteiger partial charge in [-0.1, -0.05) is 0 Å². The molecule has 0 amide bonds. The van der Waals surface area contributed by atoms with E-state index in [1.165, 1.54) is 25.4 Å². The van der Waals surface area contributed by atoms with Crippen molar-refractivity contribution in [2.45, 2.75) is 20.8 Å². The van der Waals surface area contributed by atoms with Crippen LogP contribution in [0.3, 0.4) is 0 Å². The molecule has 58 valence electrons. The Morgan fingerprint density at radius 2 is 1.91 bits per heavy atom. The van der Waals surface area contributed by atoms with E-state index in [-0.39, 0.29) is 0 Å². The standard InChI is InChI=1S/C9H10S2/c1-5-4-10-9-8(5)6(2)7(3)11-9/h4H,1-3H3. The summed E-state index contributed by atoms with van der Waals surface area (Å²) in [5, 5.41) is 3.74. The highest BCUT2D eigenvalue weighted by atomic mass is 32.2. The van der Waals surface area contributed by atoms with Gasteiger partial charge in [-0.05, 0) is 37.3 Å². The van der Waals surface area contributed by atoms with Gasteiger partial charge in [0.2, 0.25) is 0 Å². The maximum absolute atomic E-state index is 2.24. The molecule has 0 aliphatic rings. The van der Waals surface area contributed by atoms with Gasteiger partial charge in [0.1, 0.15) is 0 Å². The molecule has 0 aliphatic heterocycles. The lowest BCUT2D eigenvalue weighted by molar-refractivity contribution is 1.45. The van der Waals surface area contributed by atoms with Crippen molar-refractivity contribution in [1.29, 1.82) is 0 Å². The van der Waals surface area contributed by atoms with E-state index in [9.17, 15) is 0 Å². The van der Waals surface area contributed by atoms with Gasteiger partial charge < -0.3 is 0 Å². The molecule has 0 fully saturated rings. The second-order valence-electron chi connectivity index (χ2n) is 2.86. The Labute approximate surface area is 74.5 Å². The maximum Gasteiger partial charge on any atom is 0.0873 e. The number of aryl methyl sites for hydroxylation is 3. The minimum atomic E-state index is 1.44. The Balaban J connectivity index is 2.95. The lowest BCUT2D eigenvalue weighted by Gasteiger charge is -1.88. The molecule has 2 rings (SSSR count). The van der Waals surface area contributed by atoms with Gasteiger partial charge in [0.15, 0.2) is 0 Å². The highest BCUT2D eigenvalue weighted by Crippen LogP contribution is 2.36. The first-order chi connectivity index (χ1) is 5.20. The topological polar surface area (TPSA) is 0 Å². The summed E-state index contributed by atoms with van der Waals surface area (Å²) >= 11 is 3.79. The molecule has 0 aliphatic carbocycles. The van der Waals surface area contributed by atoms with Gasteiger partial charge in [0, 0.05) is 10.3 Å². The summed E-state index contributed by atoms with van der Waals surface area (Å²) in [6.45, 7) is 6.61. The van der Waals surface area contributed by atoms with Gasteiger partial charge in [-0.2, -0.15) is 0 Å². The van der Waals surface area contributed by atoms with Crippen molar-refractivity contribution in [1.82, 2.24) is 0 Å². The molecule has 0 bridgehead atoms. The fourth-order valence-corrected chi connectivity index (χ4v) is 3.83. The predicted octanol–water partition coefficient (Wildman–Crippen LogP) is 3.89. The van der Waals surface area contributed by atoms with Gasteiger partial charge >= 0.3 is 0 Å². The van der Waals surface area contributed by atoms with E-state index < -0.39 is 0 Å². The first kappa shape index (κ1) is 7.32. The lowest BCUT2D eigenvalue weighted by Crippen LogP contribution is -1.70. The van der Waals surface area contributed by atoms with Gasteiger partial charge in [-0.25, -0.2) is 0 Å². The summed E-state index contributed by atoms with van der Waals surface area (Å²) < 4.78 is 1.48. The molecule has 2 aromatic rings. The maximum atomic E-state index is 2.24. The van der Waals surface area contributed by atoms with E-state index in [4.69, 9.17) is 0 Å². The van der Waals surface area contributed by atoms with Crippen LogP contribution in [0.5, 0.6) is 0 Å². The Hall–Kier alpha value is -0.340. The molecule has 0 spiro atoms. The number of hydrogen-bond acceptors (Lipinski definition) is 2. The van der Waals surface area contributed by atoms with Gasteiger partial charge in [-0.3, -0.25) is 0 Å². The average Bonchev–Trinajstić information content (AvgIpc) is 2.41. The van der Waals surface area contributed by atoms with Crippen LogP contribution >= 0.6 is 22.7 Å². The van der Waals surface area contributed by atoms with Crippen molar-refractivity contribution in [2.24, 2.45) is 0 Å². The largest absolute Gasteiger partial charge is 0.133 e. The minimum Gasteiger partial charge on any atom is -0.133 e. The van der Waals surface area contributed by atoms with Crippen molar-refractivity contribution in [3.63, 3.8) is 0 Å². The van der Waals surface area contributed by atoms with Crippen LogP contribution in [0.25, 0.3) is 9.40 Å². The molecular formula is C9H10S2. The van der Waals surface area contributed by atoms with E-state index in [0.29, 0.717) is 0 Å². The molecule has 0 aromatic carbocycles. The third-order valence-corrected chi connectivity index (χ3v) is 4.52. The number of hydrogen-bond donors (Lipinski definition) is 0. The fourth-order valence-electron chi connectivity index (χ4n) is 1.34. The highest BCUT2D eigenvalue weighted by Gasteiger charge is 2.07. The zero-order chi connectivity index (χ0) is 8.01. The second kappa shape index (κ2) is 2.32. The van der Waals surface area contributed by atoms with Crippen molar-refractivity contribution >= 4 is 32.1 Å². The van der Waals surface area contributed by atoms with E-state index in [0.717, 1.165) is 0 Å². The molecule has 0 nitrogen and oxygen atoms in total. The van der Waals surface area contributed by atoms with Crippen LogP contribution in [-0.4, -0.2) is 0 Å². The molecule has 2 heterocycles. The van der Waals surface area contributed by atoms with Crippen molar-refractivity contribution < 1.29 is 0 Å². The molecule has 2 heteroatoms. The second-order valence-corrected chi connectivity index (χ2v) is 5.23. The molecule has 0 N–H and O–H groups in total. The van der Waals surface area contributed by atoms with E-state index >= 15 is 0 Å². The van der Waals surface area contributed by atoms with Crippen molar-refractivity contribution in [3.05, 3.63) is 21.4 Å². The van der Waals surface area contributed by atoms with Crippen LogP contribution in [0.2, 0.25) is 0 Å². The third-order valence-electron chi connectivity index (χ3n) is 2.09. The Morgan fingerprint density at radius 3 is 2.55 bits per heavy atom. The summed E-state index contributed by atoms with van der Waals surface area (Å²) in [6.07, 6.45) is 0. The van der Waals surface area contributed by atoms with Gasteiger partial charge in [-0.15, -0.1) is 22.7 Å². The van der Waals surface area contributed by atoms with E-state index in [1.807, 2.05) is 22.7 Å². The van der Waals surface area contributed by atoms with Gasteiger partial charge in [0.25, 0.3) is 0 Å². The molecule has 0 unspecified atom stereocenters. The quantitative estimate of drug-likeness (QED) is 0.580.